The summed E-state index contributed by atoms with van der Waals surface area (Å²) in [5, 5.41) is 9.53. The molecule has 1 saturated carbocycles. The molecule has 0 heterocycles. The predicted octanol–water partition coefficient (Wildman–Crippen LogP) is 2.36. The van der Waals surface area contributed by atoms with Gasteiger partial charge < -0.3 is 15.6 Å². The van der Waals surface area contributed by atoms with Crippen molar-refractivity contribution in [3.05, 3.63) is 65.7 Å². The van der Waals surface area contributed by atoms with E-state index in [0.717, 1.165) is 16.9 Å². The molecule has 1 aliphatic carbocycles. The lowest BCUT2D eigenvalue weighted by atomic mass is 10.0. The van der Waals surface area contributed by atoms with E-state index in [0.29, 0.717) is 0 Å². The zero-order valence-corrected chi connectivity index (χ0v) is 11.7. The van der Waals surface area contributed by atoms with E-state index in [2.05, 4.69) is 0 Å². The molecule has 3 atom stereocenters. The lowest BCUT2D eigenvalue weighted by Crippen LogP contribution is -2.36. The summed E-state index contributed by atoms with van der Waals surface area (Å²) in [6, 6.07) is 17.0. The Labute approximate surface area is 123 Å². The standard InChI is InChI=1S/C17H17NO3/c1-21-13-9-7-12(8-10-13)15-14(17(15,18)16(19)20)11-5-3-2-4-6-11/h2-10,14-15H,18H2,1H3,(H,19,20)/t14-,15-,17+/m0/s1. The highest BCUT2D eigenvalue weighted by molar-refractivity contribution is 5.88. The van der Waals surface area contributed by atoms with Gasteiger partial charge in [-0.25, -0.2) is 0 Å². The molecule has 0 bridgehead atoms. The summed E-state index contributed by atoms with van der Waals surface area (Å²) in [7, 11) is 1.60. The van der Waals surface area contributed by atoms with Crippen molar-refractivity contribution in [2.24, 2.45) is 5.73 Å². The van der Waals surface area contributed by atoms with Gasteiger partial charge in [-0.05, 0) is 23.3 Å². The van der Waals surface area contributed by atoms with Crippen molar-refractivity contribution in [1.82, 2.24) is 0 Å². The smallest absolute Gasteiger partial charge is 0.325 e. The molecule has 108 valence electrons. The van der Waals surface area contributed by atoms with Crippen LogP contribution in [0.3, 0.4) is 0 Å². The molecule has 0 spiro atoms. The second-order valence-corrected chi connectivity index (χ2v) is 5.38. The summed E-state index contributed by atoms with van der Waals surface area (Å²) in [5.74, 6) is -0.640. The molecule has 0 saturated heterocycles. The van der Waals surface area contributed by atoms with Crippen LogP contribution in [0.15, 0.2) is 54.6 Å². The molecule has 1 aliphatic rings. The summed E-state index contributed by atoms with van der Waals surface area (Å²) in [6.45, 7) is 0. The van der Waals surface area contributed by atoms with Crippen molar-refractivity contribution in [2.45, 2.75) is 17.4 Å². The Bertz CT molecular complexity index is 653. The molecule has 0 unspecified atom stereocenters. The number of hydrogen-bond acceptors (Lipinski definition) is 3. The van der Waals surface area contributed by atoms with Crippen molar-refractivity contribution in [3.63, 3.8) is 0 Å². The van der Waals surface area contributed by atoms with Gasteiger partial charge in [0.05, 0.1) is 7.11 Å². The molecule has 3 rings (SSSR count). The molecule has 2 aromatic carbocycles. The molecule has 0 aliphatic heterocycles. The van der Waals surface area contributed by atoms with E-state index < -0.39 is 11.5 Å². The van der Waals surface area contributed by atoms with E-state index in [1.165, 1.54) is 0 Å². The molecule has 0 amide bonds. The quantitative estimate of drug-likeness (QED) is 0.903. The van der Waals surface area contributed by atoms with Gasteiger partial charge in [0, 0.05) is 11.8 Å². The van der Waals surface area contributed by atoms with Crippen LogP contribution in [-0.4, -0.2) is 23.7 Å². The Balaban J connectivity index is 1.98. The third-order valence-corrected chi connectivity index (χ3v) is 4.26. The number of methoxy groups -OCH3 is 1. The first-order valence-electron chi connectivity index (χ1n) is 6.80. The fraction of sp³-hybridized carbons (Fsp3) is 0.235. The third-order valence-electron chi connectivity index (χ3n) is 4.26. The fourth-order valence-electron chi connectivity index (χ4n) is 3.08. The maximum Gasteiger partial charge on any atom is 0.325 e. The number of ether oxygens (including phenoxy) is 1. The highest BCUT2D eigenvalue weighted by Gasteiger charge is 2.68. The van der Waals surface area contributed by atoms with Crippen molar-refractivity contribution in [3.8, 4) is 5.75 Å². The van der Waals surface area contributed by atoms with E-state index in [1.807, 2.05) is 54.6 Å². The molecular formula is C17H17NO3. The molecule has 3 N–H and O–H groups in total. The largest absolute Gasteiger partial charge is 0.497 e. The fourth-order valence-corrected chi connectivity index (χ4v) is 3.08. The molecule has 1 fully saturated rings. The van der Waals surface area contributed by atoms with Gasteiger partial charge in [-0.2, -0.15) is 0 Å². The highest BCUT2D eigenvalue weighted by atomic mass is 16.5. The van der Waals surface area contributed by atoms with Gasteiger partial charge in [0.1, 0.15) is 11.3 Å². The van der Waals surface area contributed by atoms with E-state index in [4.69, 9.17) is 10.5 Å². The molecule has 0 radical (unpaired) electrons. The van der Waals surface area contributed by atoms with Crippen molar-refractivity contribution < 1.29 is 14.6 Å². The topological polar surface area (TPSA) is 72.5 Å². The molecule has 2 aromatic rings. The number of carboxylic acid groups (broad SMARTS) is 1. The monoisotopic (exact) mass is 283 g/mol. The zero-order valence-electron chi connectivity index (χ0n) is 11.7. The van der Waals surface area contributed by atoms with Crippen LogP contribution in [0.5, 0.6) is 5.75 Å². The van der Waals surface area contributed by atoms with E-state index >= 15 is 0 Å². The number of rotatable bonds is 4. The van der Waals surface area contributed by atoms with Gasteiger partial charge >= 0.3 is 5.97 Å². The number of benzene rings is 2. The maximum absolute atomic E-state index is 11.6. The number of aliphatic carboxylic acids is 1. The van der Waals surface area contributed by atoms with E-state index in [-0.39, 0.29) is 11.8 Å². The Morgan fingerprint density at radius 2 is 1.57 bits per heavy atom. The van der Waals surface area contributed by atoms with Crippen LogP contribution < -0.4 is 10.5 Å². The van der Waals surface area contributed by atoms with Gasteiger partial charge in [0.2, 0.25) is 0 Å². The minimum atomic E-state index is -1.24. The molecule has 21 heavy (non-hydrogen) atoms. The summed E-state index contributed by atoms with van der Waals surface area (Å²) >= 11 is 0. The summed E-state index contributed by atoms with van der Waals surface area (Å²) in [4.78, 5) is 11.6. The average Bonchev–Trinajstić information content (AvgIpc) is 3.16. The number of carbonyl (C=O) groups is 1. The maximum atomic E-state index is 11.6. The minimum absolute atomic E-state index is 0.204. The lowest BCUT2D eigenvalue weighted by Gasteiger charge is -2.06. The normalized spacial score (nSPS) is 27.1. The average molecular weight is 283 g/mol. The first-order chi connectivity index (χ1) is 10.1. The van der Waals surface area contributed by atoms with Crippen LogP contribution in [0.4, 0.5) is 0 Å². The summed E-state index contributed by atoms with van der Waals surface area (Å²) < 4.78 is 5.13. The van der Waals surface area contributed by atoms with Gasteiger partial charge in [0.15, 0.2) is 0 Å². The first kappa shape index (κ1) is 13.6. The molecule has 0 aromatic heterocycles. The summed E-state index contributed by atoms with van der Waals surface area (Å²) in [5.41, 5.74) is 6.83. The second kappa shape index (κ2) is 4.90. The Hall–Kier alpha value is -2.33. The van der Waals surface area contributed by atoms with Crippen LogP contribution in [0.2, 0.25) is 0 Å². The molecule has 4 heteroatoms. The SMILES string of the molecule is COc1ccc([C@H]2[C@H](c3ccccc3)[C@]2(N)C(=O)O)cc1. The second-order valence-electron chi connectivity index (χ2n) is 5.38. The number of hydrogen-bond donors (Lipinski definition) is 2. The zero-order chi connectivity index (χ0) is 15.0. The van der Waals surface area contributed by atoms with E-state index in [1.54, 1.807) is 7.11 Å². The van der Waals surface area contributed by atoms with E-state index in [9.17, 15) is 9.90 Å². The third kappa shape index (κ3) is 2.08. The Morgan fingerprint density at radius 3 is 2.05 bits per heavy atom. The first-order valence-corrected chi connectivity index (χ1v) is 6.80. The van der Waals surface area contributed by atoms with Gasteiger partial charge in [-0.1, -0.05) is 42.5 Å². The van der Waals surface area contributed by atoms with Crippen molar-refractivity contribution in [2.75, 3.05) is 7.11 Å². The van der Waals surface area contributed by atoms with Crippen LogP contribution >= 0.6 is 0 Å². The van der Waals surface area contributed by atoms with Crippen molar-refractivity contribution >= 4 is 5.97 Å². The summed E-state index contributed by atoms with van der Waals surface area (Å²) in [6.07, 6.45) is 0. The molecular weight excluding hydrogens is 266 g/mol. The van der Waals surface area contributed by atoms with Crippen LogP contribution in [0.1, 0.15) is 23.0 Å². The minimum Gasteiger partial charge on any atom is -0.497 e. The lowest BCUT2D eigenvalue weighted by molar-refractivity contribution is -0.139. The van der Waals surface area contributed by atoms with Crippen LogP contribution in [0.25, 0.3) is 0 Å². The molecule has 4 nitrogen and oxygen atoms in total. The van der Waals surface area contributed by atoms with Gasteiger partial charge in [0.25, 0.3) is 0 Å². The number of carboxylic acids is 1. The predicted molar refractivity (Wildman–Crippen MR) is 79.5 cm³/mol. The van der Waals surface area contributed by atoms with Crippen LogP contribution in [-0.2, 0) is 4.79 Å². The van der Waals surface area contributed by atoms with Crippen LogP contribution in [0, 0.1) is 0 Å². The van der Waals surface area contributed by atoms with Gasteiger partial charge in [-0.15, -0.1) is 0 Å². The Kier molecular flexibility index (Phi) is 3.18. The van der Waals surface area contributed by atoms with Gasteiger partial charge in [-0.3, -0.25) is 4.79 Å². The number of nitrogens with two attached hydrogens (primary N) is 1. The Morgan fingerprint density at radius 1 is 1.05 bits per heavy atom. The highest BCUT2D eigenvalue weighted by Crippen LogP contribution is 2.62. The van der Waals surface area contributed by atoms with Crippen molar-refractivity contribution in [1.29, 1.82) is 0 Å².